The van der Waals surface area contributed by atoms with Crippen LogP contribution in [0.5, 0.6) is 0 Å². The van der Waals surface area contributed by atoms with Gasteiger partial charge in [-0.15, -0.1) is 11.3 Å². The predicted molar refractivity (Wildman–Crippen MR) is 120 cm³/mol. The summed E-state index contributed by atoms with van der Waals surface area (Å²) in [5, 5.41) is 4.30. The topological polar surface area (TPSA) is 55.1 Å². The fourth-order valence-corrected chi connectivity index (χ4v) is 4.36. The van der Waals surface area contributed by atoms with Crippen LogP contribution in [-0.2, 0) is 11.2 Å². The highest BCUT2D eigenvalue weighted by Gasteiger charge is 2.18. The summed E-state index contributed by atoms with van der Waals surface area (Å²) in [6.45, 7) is 2.10. The van der Waals surface area contributed by atoms with Crippen LogP contribution in [-0.4, -0.2) is 16.6 Å². The first kappa shape index (κ1) is 19.5. The minimum absolute atomic E-state index is 0.0692. The zero-order valence-electron chi connectivity index (χ0n) is 15.9. The second-order valence-corrected chi connectivity index (χ2v) is 8.44. The Hall–Kier alpha value is -2.83. The third-order valence-electron chi connectivity index (χ3n) is 4.29. The summed E-state index contributed by atoms with van der Waals surface area (Å²) in [7, 11) is 0. The van der Waals surface area contributed by atoms with Crippen LogP contribution in [0.3, 0.4) is 0 Å². The van der Waals surface area contributed by atoms with Gasteiger partial charge in [0, 0.05) is 16.0 Å². The number of oxazole rings is 1. The van der Waals surface area contributed by atoms with Gasteiger partial charge in [-0.05, 0) is 18.6 Å². The Morgan fingerprint density at radius 2 is 1.69 bits per heavy atom. The summed E-state index contributed by atoms with van der Waals surface area (Å²) in [5.74, 6) is 0.883. The van der Waals surface area contributed by atoms with Crippen molar-refractivity contribution >= 4 is 34.0 Å². The lowest BCUT2D eigenvalue weighted by atomic mass is 10.1. The van der Waals surface area contributed by atoms with E-state index in [1.807, 2.05) is 72.8 Å². The van der Waals surface area contributed by atoms with Gasteiger partial charge in [-0.3, -0.25) is 4.79 Å². The van der Waals surface area contributed by atoms with E-state index in [9.17, 15) is 4.79 Å². The number of hydrogen-bond acceptors (Lipinski definition) is 5. The number of aromatic nitrogens is 1. The number of carbonyl (C=O) groups excluding carboxylic acids is 1. The van der Waals surface area contributed by atoms with Crippen molar-refractivity contribution in [2.75, 3.05) is 11.1 Å². The Morgan fingerprint density at radius 3 is 2.34 bits per heavy atom. The number of nitrogens with one attached hydrogen (secondary N) is 1. The summed E-state index contributed by atoms with van der Waals surface area (Å²) in [6, 6.07) is 23.8. The third-order valence-corrected chi connectivity index (χ3v) is 6.26. The summed E-state index contributed by atoms with van der Waals surface area (Å²) < 4.78 is 6.05. The van der Waals surface area contributed by atoms with Gasteiger partial charge in [0.2, 0.25) is 5.91 Å². The fourth-order valence-electron chi connectivity index (χ4n) is 2.87. The number of amides is 1. The van der Waals surface area contributed by atoms with Crippen LogP contribution < -0.4 is 5.32 Å². The molecule has 0 aliphatic carbocycles. The molecule has 2 heterocycles. The summed E-state index contributed by atoms with van der Waals surface area (Å²) in [4.78, 5) is 18.2. The van der Waals surface area contributed by atoms with E-state index in [1.54, 1.807) is 11.3 Å². The Kier molecular flexibility index (Phi) is 6.12. The van der Waals surface area contributed by atoms with E-state index in [1.165, 1.54) is 16.6 Å². The van der Waals surface area contributed by atoms with E-state index >= 15 is 0 Å². The molecule has 4 rings (SSSR count). The quantitative estimate of drug-likeness (QED) is 0.353. The lowest BCUT2D eigenvalue weighted by Crippen LogP contribution is -2.12. The number of thioether (sulfide) groups is 1. The van der Waals surface area contributed by atoms with E-state index in [0.29, 0.717) is 11.0 Å². The molecule has 0 atom stereocenters. The molecule has 6 heteroatoms. The maximum Gasteiger partial charge on any atom is 0.257 e. The van der Waals surface area contributed by atoms with Gasteiger partial charge in [0.05, 0.1) is 10.8 Å². The van der Waals surface area contributed by atoms with Gasteiger partial charge >= 0.3 is 0 Å². The van der Waals surface area contributed by atoms with E-state index in [-0.39, 0.29) is 11.7 Å². The van der Waals surface area contributed by atoms with Crippen molar-refractivity contribution < 1.29 is 9.21 Å². The average Bonchev–Trinajstić information content (AvgIpc) is 3.40. The molecule has 146 valence electrons. The lowest BCUT2D eigenvalue weighted by Gasteiger charge is -2.01. The van der Waals surface area contributed by atoms with Crippen LogP contribution in [0.2, 0.25) is 0 Å². The molecule has 4 nitrogen and oxygen atoms in total. The molecule has 0 aliphatic rings. The molecule has 0 saturated heterocycles. The van der Waals surface area contributed by atoms with Gasteiger partial charge in [0.15, 0.2) is 5.76 Å². The SMILES string of the molecule is CCc1ccc(NC(=O)CSc2nc(-c3ccccc3)c(-c3ccccc3)o2)s1. The molecule has 0 unspecified atom stereocenters. The van der Waals surface area contributed by atoms with Crippen molar-refractivity contribution in [2.24, 2.45) is 0 Å². The minimum atomic E-state index is -0.0692. The van der Waals surface area contributed by atoms with Crippen LogP contribution in [0.25, 0.3) is 22.6 Å². The molecule has 2 aromatic heterocycles. The molecule has 0 aliphatic heterocycles. The first-order chi connectivity index (χ1) is 14.2. The zero-order chi connectivity index (χ0) is 20.1. The second-order valence-electron chi connectivity index (χ2n) is 6.35. The van der Waals surface area contributed by atoms with Crippen molar-refractivity contribution in [1.82, 2.24) is 4.98 Å². The van der Waals surface area contributed by atoms with E-state index in [2.05, 4.69) is 17.2 Å². The number of carbonyl (C=O) groups is 1. The summed E-state index contributed by atoms with van der Waals surface area (Å²) in [6.07, 6.45) is 0.968. The highest BCUT2D eigenvalue weighted by Crippen LogP contribution is 2.35. The van der Waals surface area contributed by atoms with Crippen molar-refractivity contribution in [3.05, 3.63) is 77.7 Å². The third kappa shape index (κ3) is 4.78. The zero-order valence-corrected chi connectivity index (χ0v) is 17.6. The molecule has 2 aromatic carbocycles. The number of rotatable bonds is 7. The first-order valence-electron chi connectivity index (χ1n) is 9.36. The average molecular weight is 421 g/mol. The lowest BCUT2D eigenvalue weighted by molar-refractivity contribution is -0.113. The van der Waals surface area contributed by atoms with Crippen molar-refractivity contribution in [2.45, 2.75) is 18.6 Å². The van der Waals surface area contributed by atoms with E-state index in [4.69, 9.17) is 4.42 Å². The van der Waals surface area contributed by atoms with Gasteiger partial charge in [0.25, 0.3) is 5.22 Å². The smallest absolute Gasteiger partial charge is 0.257 e. The Morgan fingerprint density at radius 1 is 1.00 bits per heavy atom. The molecule has 29 heavy (non-hydrogen) atoms. The molecule has 1 amide bonds. The van der Waals surface area contributed by atoms with Gasteiger partial charge in [-0.25, -0.2) is 4.98 Å². The molecule has 0 radical (unpaired) electrons. The molecule has 0 bridgehead atoms. The number of benzene rings is 2. The number of thiophene rings is 1. The number of anilines is 1. The van der Waals surface area contributed by atoms with Gasteiger partial charge in [-0.2, -0.15) is 0 Å². The van der Waals surface area contributed by atoms with Crippen LogP contribution >= 0.6 is 23.1 Å². The van der Waals surface area contributed by atoms with Crippen LogP contribution in [0.1, 0.15) is 11.8 Å². The first-order valence-corrected chi connectivity index (χ1v) is 11.2. The predicted octanol–water partition coefficient (Wildman–Crippen LogP) is 6.36. The largest absolute Gasteiger partial charge is 0.431 e. The normalized spacial score (nSPS) is 10.8. The van der Waals surface area contributed by atoms with Crippen molar-refractivity contribution in [3.63, 3.8) is 0 Å². The minimum Gasteiger partial charge on any atom is -0.431 e. The van der Waals surface area contributed by atoms with Crippen LogP contribution in [0.15, 0.2) is 82.4 Å². The van der Waals surface area contributed by atoms with Gasteiger partial charge in [0.1, 0.15) is 5.69 Å². The van der Waals surface area contributed by atoms with Crippen molar-refractivity contribution in [1.29, 1.82) is 0 Å². The van der Waals surface area contributed by atoms with Crippen LogP contribution in [0.4, 0.5) is 5.00 Å². The van der Waals surface area contributed by atoms with E-state index in [0.717, 1.165) is 28.2 Å². The molecule has 4 aromatic rings. The number of nitrogens with zero attached hydrogens (tertiary/aromatic N) is 1. The molecule has 0 spiro atoms. The molecule has 0 saturated carbocycles. The maximum atomic E-state index is 12.3. The standard InChI is InChI=1S/C23H20N2O2S2/c1-2-18-13-14-20(29-18)24-19(26)15-28-23-25-21(16-9-5-3-6-10-16)22(27-23)17-11-7-4-8-12-17/h3-14H,2,15H2,1H3,(H,24,26). The molecular formula is C23H20N2O2S2. The van der Waals surface area contributed by atoms with Gasteiger partial charge in [-0.1, -0.05) is 79.3 Å². The van der Waals surface area contributed by atoms with Gasteiger partial charge < -0.3 is 9.73 Å². The highest BCUT2D eigenvalue weighted by atomic mass is 32.2. The summed E-state index contributed by atoms with van der Waals surface area (Å²) in [5.41, 5.74) is 2.73. The Bertz CT molecular complexity index is 1030. The fraction of sp³-hybridized carbons (Fsp3) is 0.130. The van der Waals surface area contributed by atoms with E-state index < -0.39 is 0 Å². The molecule has 1 N–H and O–H groups in total. The second kappa shape index (κ2) is 9.11. The summed E-state index contributed by atoms with van der Waals surface area (Å²) >= 11 is 2.90. The molecular weight excluding hydrogens is 400 g/mol. The maximum absolute atomic E-state index is 12.3. The Balaban J connectivity index is 1.52. The Labute approximate surface area is 178 Å². The van der Waals surface area contributed by atoms with Crippen molar-refractivity contribution in [3.8, 4) is 22.6 Å². The number of hydrogen-bond donors (Lipinski definition) is 1. The number of aryl methyl sites for hydroxylation is 1. The van der Waals surface area contributed by atoms with Crippen LogP contribution in [0, 0.1) is 0 Å². The molecule has 0 fully saturated rings. The highest BCUT2D eigenvalue weighted by molar-refractivity contribution is 7.99. The monoisotopic (exact) mass is 420 g/mol.